The summed E-state index contributed by atoms with van der Waals surface area (Å²) in [6.45, 7) is 0.941. The maximum Gasteiger partial charge on any atom is 0.272 e. The van der Waals surface area contributed by atoms with Gasteiger partial charge in [0.25, 0.3) is 6.43 Å². The summed E-state index contributed by atoms with van der Waals surface area (Å²) in [7, 11) is 0. The Morgan fingerprint density at radius 2 is 2.08 bits per heavy atom. The molecule has 1 aromatic carbocycles. The molecule has 0 amide bonds. The smallest absolute Gasteiger partial charge is 0.272 e. The highest BCUT2D eigenvalue weighted by Crippen LogP contribution is 2.18. The predicted molar refractivity (Wildman–Crippen MR) is 42.6 cm³/mol. The normalized spacial score (nSPS) is 10.5. The van der Waals surface area contributed by atoms with Crippen molar-refractivity contribution in [3.63, 3.8) is 0 Å². The zero-order chi connectivity index (χ0) is 9.84. The van der Waals surface area contributed by atoms with Crippen LogP contribution in [0.2, 0.25) is 0 Å². The quantitative estimate of drug-likeness (QED) is 0.712. The van der Waals surface area contributed by atoms with Crippen molar-refractivity contribution in [3.05, 3.63) is 29.6 Å². The first kappa shape index (κ1) is 9.89. The maximum absolute atomic E-state index is 12.5. The molecule has 1 nitrogen and oxygen atoms in total. The Hall–Kier alpha value is -1.19. The zero-order valence-corrected chi connectivity index (χ0v) is 7.06. The Bertz CT molecular complexity index is 286. The van der Waals surface area contributed by atoms with Crippen molar-refractivity contribution in [2.24, 2.45) is 0 Å². The fraction of sp³-hybridized carbons (Fsp3) is 0.333. The Balaban J connectivity index is 2.67. The van der Waals surface area contributed by atoms with Crippen molar-refractivity contribution >= 4 is 0 Å². The predicted octanol–water partition coefficient (Wildman–Crippen LogP) is 2.78. The molecule has 0 aliphatic carbocycles. The minimum atomic E-state index is -2.51. The van der Waals surface area contributed by atoms with Gasteiger partial charge in [-0.1, -0.05) is 0 Å². The zero-order valence-electron chi connectivity index (χ0n) is 7.06. The molecule has 0 aliphatic heterocycles. The molecule has 0 radical (unpaired) electrons. The summed E-state index contributed by atoms with van der Waals surface area (Å²) in [6, 6.07) is 3.75. The molecule has 0 aliphatic rings. The lowest BCUT2D eigenvalue weighted by molar-refractivity contribution is 0.0815. The third-order valence-electron chi connectivity index (χ3n) is 1.50. The largest absolute Gasteiger partial charge is 0.487 e. The average molecular weight is 190 g/mol. The summed E-state index contributed by atoms with van der Waals surface area (Å²) in [5.41, 5.74) is 0.514. The highest BCUT2D eigenvalue weighted by atomic mass is 19.3. The van der Waals surface area contributed by atoms with E-state index >= 15 is 0 Å². The van der Waals surface area contributed by atoms with Gasteiger partial charge in [0, 0.05) is 0 Å². The van der Waals surface area contributed by atoms with Crippen LogP contribution in [0.3, 0.4) is 0 Å². The molecule has 4 heteroatoms. The van der Waals surface area contributed by atoms with Crippen LogP contribution in [0.1, 0.15) is 5.56 Å². The van der Waals surface area contributed by atoms with Crippen LogP contribution in [-0.2, 0) is 0 Å². The number of ether oxygens (including phenoxy) is 1. The van der Waals surface area contributed by atoms with Crippen molar-refractivity contribution in [1.82, 2.24) is 0 Å². The lowest BCUT2D eigenvalue weighted by Gasteiger charge is -2.07. The van der Waals surface area contributed by atoms with Gasteiger partial charge in [-0.3, -0.25) is 0 Å². The summed E-state index contributed by atoms with van der Waals surface area (Å²) < 4.78 is 40.7. The Morgan fingerprint density at radius 3 is 2.62 bits per heavy atom. The first-order valence-electron chi connectivity index (χ1n) is 3.76. The molecule has 0 heterocycles. The Kier molecular flexibility index (Phi) is 3.17. The molecule has 0 N–H and O–H groups in total. The van der Waals surface area contributed by atoms with Gasteiger partial charge in [0.15, 0.2) is 0 Å². The second kappa shape index (κ2) is 4.16. The van der Waals surface area contributed by atoms with E-state index in [1.807, 2.05) is 0 Å². The van der Waals surface area contributed by atoms with Crippen LogP contribution in [-0.4, -0.2) is 13.0 Å². The van der Waals surface area contributed by atoms with Crippen molar-refractivity contribution in [3.8, 4) is 5.75 Å². The van der Waals surface area contributed by atoms with Crippen LogP contribution >= 0.6 is 0 Å². The molecule has 0 spiro atoms. The number of benzene rings is 1. The maximum atomic E-state index is 12.5. The van der Waals surface area contributed by atoms with E-state index in [4.69, 9.17) is 4.74 Å². The van der Waals surface area contributed by atoms with Crippen LogP contribution in [0.4, 0.5) is 13.2 Å². The van der Waals surface area contributed by atoms with Gasteiger partial charge < -0.3 is 4.74 Å². The first-order chi connectivity index (χ1) is 6.09. The van der Waals surface area contributed by atoms with E-state index in [2.05, 4.69) is 0 Å². The summed E-state index contributed by atoms with van der Waals surface area (Å²) >= 11 is 0. The fourth-order valence-electron chi connectivity index (χ4n) is 0.928. The van der Waals surface area contributed by atoms with Gasteiger partial charge in [-0.15, -0.1) is 0 Å². The molecule has 1 aromatic rings. The Morgan fingerprint density at radius 1 is 1.38 bits per heavy atom. The van der Waals surface area contributed by atoms with E-state index in [0.29, 0.717) is 11.3 Å². The molecular formula is C9H9F3O. The van der Waals surface area contributed by atoms with Gasteiger partial charge in [-0.05, 0) is 30.7 Å². The van der Waals surface area contributed by atoms with Crippen LogP contribution in [0.25, 0.3) is 0 Å². The number of alkyl halides is 2. The van der Waals surface area contributed by atoms with Gasteiger partial charge in [0.2, 0.25) is 0 Å². The third-order valence-corrected chi connectivity index (χ3v) is 1.50. The van der Waals surface area contributed by atoms with Gasteiger partial charge in [0.1, 0.15) is 18.2 Å². The van der Waals surface area contributed by atoms with Crippen LogP contribution in [0.15, 0.2) is 18.2 Å². The van der Waals surface area contributed by atoms with Crippen LogP contribution in [0, 0.1) is 12.7 Å². The molecule has 1 rings (SSSR count). The number of aryl methyl sites for hydroxylation is 1. The van der Waals surface area contributed by atoms with E-state index < -0.39 is 18.8 Å². The van der Waals surface area contributed by atoms with Crippen molar-refractivity contribution in [1.29, 1.82) is 0 Å². The van der Waals surface area contributed by atoms with Gasteiger partial charge in [-0.25, -0.2) is 13.2 Å². The Labute approximate surface area is 74.1 Å². The number of hydrogen-bond acceptors (Lipinski definition) is 1. The molecule has 0 aromatic heterocycles. The summed E-state index contributed by atoms with van der Waals surface area (Å²) in [5, 5.41) is 0. The van der Waals surface area contributed by atoms with Crippen LogP contribution in [0.5, 0.6) is 5.75 Å². The molecule has 0 bridgehead atoms. The molecule has 0 atom stereocenters. The van der Waals surface area contributed by atoms with E-state index in [1.54, 1.807) is 6.92 Å². The topological polar surface area (TPSA) is 9.23 Å². The van der Waals surface area contributed by atoms with Gasteiger partial charge in [-0.2, -0.15) is 0 Å². The van der Waals surface area contributed by atoms with Crippen molar-refractivity contribution < 1.29 is 17.9 Å². The average Bonchev–Trinajstić information content (AvgIpc) is 2.02. The van der Waals surface area contributed by atoms with Gasteiger partial charge >= 0.3 is 0 Å². The minimum absolute atomic E-state index is 0.293. The van der Waals surface area contributed by atoms with Crippen molar-refractivity contribution in [2.45, 2.75) is 13.3 Å². The minimum Gasteiger partial charge on any atom is -0.487 e. The second-order valence-electron chi connectivity index (χ2n) is 2.61. The summed E-state index contributed by atoms with van der Waals surface area (Å²) in [5.74, 6) is -0.108. The molecule has 72 valence electrons. The molecular weight excluding hydrogens is 181 g/mol. The highest BCUT2D eigenvalue weighted by Gasteiger charge is 2.05. The molecule has 0 unspecified atom stereocenters. The lowest BCUT2D eigenvalue weighted by atomic mass is 10.2. The van der Waals surface area contributed by atoms with E-state index in [0.717, 1.165) is 0 Å². The number of hydrogen-bond donors (Lipinski definition) is 0. The summed E-state index contributed by atoms with van der Waals surface area (Å²) in [6.07, 6.45) is -2.51. The van der Waals surface area contributed by atoms with E-state index in [9.17, 15) is 13.2 Å². The molecule has 0 saturated carbocycles. The lowest BCUT2D eigenvalue weighted by Crippen LogP contribution is -2.07. The highest BCUT2D eigenvalue weighted by molar-refractivity contribution is 5.32. The molecule has 13 heavy (non-hydrogen) atoms. The number of halogens is 3. The number of rotatable bonds is 3. The molecule has 0 saturated heterocycles. The summed E-state index contributed by atoms with van der Waals surface area (Å²) in [4.78, 5) is 0. The van der Waals surface area contributed by atoms with Gasteiger partial charge in [0.05, 0.1) is 0 Å². The fourth-order valence-corrected chi connectivity index (χ4v) is 0.928. The standard InChI is InChI=1S/C9H9F3O/c1-6-4-7(10)2-3-8(6)13-5-9(11)12/h2-4,9H,5H2,1H3. The monoisotopic (exact) mass is 190 g/mol. The van der Waals surface area contributed by atoms with Crippen LogP contribution < -0.4 is 4.74 Å². The first-order valence-corrected chi connectivity index (χ1v) is 3.76. The van der Waals surface area contributed by atoms with Crippen molar-refractivity contribution in [2.75, 3.05) is 6.61 Å². The van der Waals surface area contributed by atoms with E-state index in [-0.39, 0.29) is 0 Å². The third kappa shape index (κ3) is 2.97. The SMILES string of the molecule is Cc1cc(F)ccc1OCC(F)F. The van der Waals surface area contributed by atoms with E-state index in [1.165, 1.54) is 18.2 Å². The molecule has 0 fully saturated rings. The second-order valence-corrected chi connectivity index (χ2v) is 2.61.